The lowest BCUT2D eigenvalue weighted by molar-refractivity contribution is -0.140. The van der Waals surface area contributed by atoms with Crippen LogP contribution in [0.3, 0.4) is 0 Å². The molecule has 2 atom stereocenters. The van der Waals surface area contributed by atoms with Gasteiger partial charge in [0.2, 0.25) is 5.91 Å². The molecule has 1 saturated heterocycles. The zero-order chi connectivity index (χ0) is 11.9. The van der Waals surface area contributed by atoms with E-state index < -0.39 is 23.8 Å². The molecular formula is C9H11N3O4. The molecule has 2 heterocycles. The molecule has 0 bridgehead atoms. The minimum absolute atomic E-state index is 0.0261. The van der Waals surface area contributed by atoms with Crippen LogP contribution in [-0.4, -0.2) is 48.1 Å². The summed E-state index contributed by atoms with van der Waals surface area (Å²) in [6, 6.07) is -0.749. The number of nitrogens with zero attached hydrogens (tertiary/aromatic N) is 2. The first-order chi connectivity index (χ1) is 7.61. The lowest BCUT2D eigenvalue weighted by Gasteiger charge is -2.11. The number of nitrogens with one attached hydrogen (secondary N) is 1. The van der Waals surface area contributed by atoms with E-state index in [0.29, 0.717) is 6.54 Å². The van der Waals surface area contributed by atoms with Gasteiger partial charge < -0.3 is 4.74 Å². The third kappa shape index (κ3) is 1.21. The number of rotatable bonds is 2. The molecule has 86 valence electrons. The van der Waals surface area contributed by atoms with Crippen LogP contribution >= 0.6 is 0 Å². The highest BCUT2D eigenvalue weighted by molar-refractivity contribution is 6.43. The third-order valence-corrected chi connectivity index (χ3v) is 2.73. The van der Waals surface area contributed by atoms with E-state index in [1.165, 1.54) is 7.11 Å². The summed E-state index contributed by atoms with van der Waals surface area (Å²) in [7, 11) is 1.21. The largest absolute Gasteiger partial charge is 0.464 e. The van der Waals surface area contributed by atoms with Crippen molar-refractivity contribution in [1.29, 1.82) is 0 Å². The van der Waals surface area contributed by atoms with Crippen LogP contribution in [0.5, 0.6) is 0 Å². The number of ether oxygens (including phenoxy) is 1. The van der Waals surface area contributed by atoms with Crippen molar-refractivity contribution in [2.75, 3.05) is 13.7 Å². The molecule has 16 heavy (non-hydrogen) atoms. The highest BCUT2D eigenvalue weighted by Crippen LogP contribution is 2.25. The molecular weight excluding hydrogens is 214 g/mol. The molecule has 0 saturated carbocycles. The van der Waals surface area contributed by atoms with Crippen molar-refractivity contribution in [1.82, 2.24) is 10.3 Å². The molecule has 1 N–H and O–H groups in total. The van der Waals surface area contributed by atoms with Gasteiger partial charge in [-0.15, -0.1) is 0 Å². The lowest BCUT2D eigenvalue weighted by Crippen LogP contribution is -2.36. The molecule has 0 spiro atoms. The van der Waals surface area contributed by atoms with Crippen molar-refractivity contribution in [3.63, 3.8) is 0 Å². The normalized spacial score (nSPS) is 27.6. The Labute approximate surface area is 91.4 Å². The summed E-state index contributed by atoms with van der Waals surface area (Å²) in [5.41, 5.74) is 2.48. The molecule has 0 aromatic carbocycles. The Morgan fingerprint density at radius 2 is 2.19 bits per heavy atom. The number of likely N-dealkylation sites (tertiary alicyclic amines) is 1. The number of likely N-dealkylation sites (N-methyl/N-ethyl adjacent to an activating group) is 1. The second kappa shape index (κ2) is 3.58. The lowest BCUT2D eigenvalue weighted by atomic mass is 9.99. The van der Waals surface area contributed by atoms with Crippen LogP contribution in [0.2, 0.25) is 0 Å². The first-order valence-electron chi connectivity index (χ1n) is 4.88. The van der Waals surface area contributed by atoms with Gasteiger partial charge in [0.1, 0.15) is 12.0 Å². The fourth-order valence-electron chi connectivity index (χ4n) is 1.93. The maximum Gasteiger partial charge on any atom is 0.355 e. The van der Waals surface area contributed by atoms with Crippen molar-refractivity contribution in [3.8, 4) is 0 Å². The maximum absolute atomic E-state index is 11.8. The Bertz CT molecular complexity index is 404. The van der Waals surface area contributed by atoms with E-state index >= 15 is 0 Å². The topological polar surface area (TPSA) is 88.1 Å². The molecule has 1 fully saturated rings. The molecule has 0 aliphatic carbocycles. The quantitative estimate of drug-likeness (QED) is 0.456. The first kappa shape index (κ1) is 10.6. The van der Waals surface area contributed by atoms with E-state index in [0.717, 1.165) is 4.90 Å². The summed E-state index contributed by atoms with van der Waals surface area (Å²) >= 11 is 0. The summed E-state index contributed by atoms with van der Waals surface area (Å²) in [5, 5.41) is 3.68. The summed E-state index contributed by atoms with van der Waals surface area (Å²) in [6.07, 6.45) is 0. The number of methoxy groups -OCH3 is 1. The molecule has 0 radical (unpaired) electrons. The van der Waals surface area contributed by atoms with E-state index in [1.807, 2.05) is 0 Å². The van der Waals surface area contributed by atoms with Crippen molar-refractivity contribution < 1.29 is 19.1 Å². The molecule has 2 rings (SSSR count). The Balaban J connectivity index is 2.30. The number of imide groups is 1. The van der Waals surface area contributed by atoms with Gasteiger partial charge in [-0.05, 0) is 6.92 Å². The second-order valence-electron chi connectivity index (χ2n) is 3.49. The van der Waals surface area contributed by atoms with Crippen LogP contribution in [0.1, 0.15) is 6.92 Å². The predicted molar refractivity (Wildman–Crippen MR) is 52.3 cm³/mol. The second-order valence-corrected chi connectivity index (χ2v) is 3.49. The number of fused-ring (bicyclic) bond motifs is 1. The Kier molecular flexibility index (Phi) is 2.37. The van der Waals surface area contributed by atoms with E-state index in [1.54, 1.807) is 6.92 Å². The van der Waals surface area contributed by atoms with Crippen LogP contribution in [-0.2, 0) is 19.1 Å². The van der Waals surface area contributed by atoms with Crippen LogP contribution < -0.4 is 5.43 Å². The monoisotopic (exact) mass is 225 g/mol. The van der Waals surface area contributed by atoms with Crippen LogP contribution in [0.4, 0.5) is 0 Å². The molecule has 0 aromatic heterocycles. The van der Waals surface area contributed by atoms with Gasteiger partial charge in [-0.3, -0.25) is 19.9 Å². The molecule has 7 heteroatoms. The molecule has 2 unspecified atom stereocenters. The van der Waals surface area contributed by atoms with Gasteiger partial charge in [-0.2, -0.15) is 5.10 Å². The third-order valence-electron chi connectivity index (χ3n) is 2.73. The average Bonchev–Trinajstić information content (AvgIpc) is 2.80. The number of esters is 1. The Hall–Kier alpha value is -1.92. The van der Waals surface area contributed by atoms with Crippen molar-refractivity contribution in [2.45, 2.75) is 13.0 Å². The standard InChI is InChI=1S/C9H11N3O4/c1-3-12-7(13)4-5(8(12)14)10-11-6(4)9(15)16-2/h4-5,10H,3H2,1-2H3. The van der Waals surface area contributed by atoms with Gasteiger partial charge in [0, 0.05) is 6.54 Å². The van der Waals surface area contributed by atoms with Crippen LogP contribution in [0.15, 0.2) is 5.10 Å². The maximum atomic E-state index is 11.8. The fraction of sp³-hybridized carbons (Fsp3) is 0.556. The Morgan fingerprint density at radius 1 is 1.50 bits per heavy atom. The van der Waals surface area contributed by atoms with Gasteiger partial charge in [-0.1, -0.05) is 0 Å². The summed E-state index contributed by atoms with van der Waals surface area (Å²) in [4.78, 5) is 36.0. The van der Waals surface area contributed by atoms with Gasteiger partial charge in [0.05, 0.1) is 7.11 Å². The fourth-order valence-corrected chi connectivity index (χ4v) is 1.93. The van der Waals surface area contributed by atoms with E-state index in [9.17, 15) is 14.4 Å². The molecule has 0 aromatic rings. The van der Waals surface area contributed by atoms with Crippen molar-refractivity contribution in [3.05, 3.63) is 0 Å². The summed E-state index contributed by atoms with van der Waals surface area (Å²) < 4.78 is 4.50. The number of carbonyl (C=O) groups is 3. The summed E-state index contributed by atoms with van der Waals surface area (Å²) in [5.74, 6) is -2.26. The number of hydrogen-bond donors (Lipinski definition) is 1. The number of hydrogen-bond acceptors (Lipinski definition) is 6. The van der Waals surface area contributed by atoms with Crippen LogP contribution in [0.25, 0.3) is 0 Å². The minimum Gasteiger partial charge on any atom is -0.464 e. The van der Waals surface area contributed by atoms with Crippen molar-refractivity contribution >= 4 is 23.5 Å². The summed E-state index contributed by atoms with van der Waals surface area (Å²) in [6.45, 7) is 1.99. The molecule has 7 nitrogen and oxygen atoms in total. The van der Waals surface area contributed by atoms with E-state index in [-0.39, 0.29) is 11.6 Å². The zero-order valence-electron chi connectivity index (χ0n) is 8.89. The number of hydrazone groups is 1. The molecule has 2 amide bonds. The van der Waals surface area contributed by atoms with E-state index in [4.69, 9.17) is 0 Å². The van der Waals surface area contributed by atoms with Gasteiger partial charge in [0.15, 0.2) is 5.71 Å². The van der Waals surface area contributed by atoms with E-state index in [2.05, 4.69) is 15.3 Å². The number of amides is 2. The highest BCUT2D eigenvalue weighted by atomic mass is 16.5. The highest BCUT2D eigenvalue weighted by Gasteiger charge is 2.54. The predicted octanol–water partition coefficient (Wildman–Crippen LogP) is -1.51. The average molecular weight is 225 g/mol. The van der Waals surface area contributed by atoms with Gasteiger partial charge in [0.25, 0.3) is 5.91 Å². The first-order valence-corrected chi connectivity index (χ1v) is 4.88. The zero-order valence-corrected chi connectivity index (χ0v) is 8.89. The van der Waals surface area contributed by atoms with Gasteiger partial charge >= 0.3 is 5.97 Å². The SMILES string of the molecule is CCN1C(=O)C2NN=C(C(=O)OC)C2C1=O. The number of carbonyl (C=O) groups excluding carboxylic acids is 3. The smallest absolute Gasteiger partial charge is 0.355 e. The van der Waals surface area contributed by atoms with Gasteiger partial charge in [-0.25, -0.2) is 4.79 Å². The van der Waals surface area contributed by atoms with Crippen LogP contribution in [0, 0.1) is 5.92 Å². The Morgan fingerprint density at radius 3 is 2.75 bits per heavy atom. The molecule has 2 aliphatic heterocycles. The molecule has 2 aliphatic rings. The minimum atomic E-state index is -0.833. The van der Waals surface area contributed by atoms with Crippen molar-refractivity contribution in [2.24, 2.45) is 11.0 Å².